The van der Waals surface area contributed by atoms with Gasteiger partial charge in [-0.1, -0.05) is 0 Å². The van der Waals surface area contributed by atoms with Crippen molar-refractivity contribution in [3.8, 4) is 5.75 Å². The van der Waals surface area contributed by atoms with Crippen LogP contribution in [0.15, 0.2) is 12.1 Å². The van der Waals surface area contributed by atoms with Crippen LogP contribution < -0.4 is 4.74 Å². The van der Waals surface area contributed by atoms with Crippen LogP contribution in [0.2, 0.25) is 0 Å². The van der Waals surface area contributed by atoms with Crippen molar-refractivity contribution in [3.05, 3.63) is 29.1 Å². The number of halogens is 1. The molecule has 1 aromatic carbocycles. The van der Waals surface area contributed by atoms with E-state index in [1.54, 1.807) is 14.0 Å². The number of rotatable bonds is 7. The van der Waals surface area contributed by atoms with Crippen LogP contribution in [0.3, 0.4) is 0 Å². The fourth-order valence-corrected chi connectivity index (χ4v) is 2.12. The third-order valence-electron chi connectivity index (χ3n) is 3.52. The lowest BCUT2D eigenvalue weighted by Gasteiger charge is -2.24. The number of amides is 1. The molecule has 0 fully saturated rings. The molecule has 0 aromatic heterocycles. The zero-order chi connectivity index (χ0) is 19.9. The highest BCUT2D eigenvalue weighted by Gasteiger charge is 2.19. The number of ether oxygens (including phenoxy) is 3. The van der Waals surface area contributed by atoms with Gasteiger partial charge < -0.3 is 19.1 Å². The fourth-order valence-electron chi connectivity index (χ4n) is 2.12. The summed E-state index contributed by atoms with van der Waals surface area (Å²) in [5.41, 5.74) is 0.00264. The van der Waals surface area contributed by atoms with Crippen molar-refractivity contribution in [2.45, 2.75) is 46.1 Å². The van der Waals surface area contributed by atoms with E-state index in [9.17, 15) is 14.0 Å². The smallest absolute Gasteiger partial charge is 0.410 e. The van der Waals surface area contributed by atoms with Crippen LogP contribution >= 0.6 is 0 Å². The lowest BCUT2D eigenvalue weighted by atomic mass is 10.1. The molecule has 0 aliphatic rings. The number of carbonyl (C=O) groups is 2. The van der Waals surface area contributed by atoms with E-state index in [1.165, 1.54) is 24.1 Å². The highest BCUT2D eigenvalue weighted by Crippen LogP contribution is 2.24. The van der Waals surface area contributed by atoms with Crippen molar-refractivity contribution < 1.29 is 28.2 Å². The second kappa shape index (κ2) is 9.40. The number of unbranched alkanes of at least 4 members (excludes halogenated alkanes) is 1. The Kier molecular flexibility index (Phi) is 7.86. The van der Waals surface area contributed by atoms with E-state index in [1.807, 2.05) is 20.8 Å². The van der Waals surface area contributed by atoms with Gasteiger partial charge in [0, 0.05) is 19.7 Å². The van der Waals surface area contributed by atoms with Gasteiger partial charge in [-0.15, -0.1) is 0 Å². The van der Waals surface area contributed by atoms with Gasteiger partial charge in [-0.3, -0.25) is 0 Å². The van der Waals surface area contributed by atoms with Gasteiger partial charge in [0.05, 0.1) is 13.7 Å². The molecule has 0 heterocycles. The Balaban J connectivity index is 2.50. The zero-order valence-corrected chi connectivity index (χ0v) is 16.3. The molecular weight excluding hydrogens is 341 g/mol. The molecule has 146 valence electrons. The van der Waals surface area contributed by atoms with E-state index in [0.717, 1.165) is 0 Å². The lowest BCUT2D eigenvalue weighted by Crippen LogP contribution is -2.34. The van der Waals surface area contributed by atoms with Gasteiger partial charge in [-0.05, 0) is 52.2 Å². The van der Waals surface area contributed by atoms with Gasteiger partial charge in [0.2, 0.25) is 0 Å². The van der Waals surface area contributed by atoms with E-state index < -0.39 is 17.4 Å². The maximum Gasteiger partial charge on any atom is 0.410 e. The Hall–Kier alpha value is -2.31. The molecule has 7 heteroatoms. The first-order valence-electron chi connectivity index (χ1n) is 8.50. The summed E-state index contributed by atoms with van der Waals surface area (Å²) in [4.78, 5) is 25.1. The van der Waals surface area contributed by atoms with Crippen LogP contribution in [0.25, 0.3) is 0 Å². The molecule has 26 heavy (non-hydrogen) atoms. The zero-order valence-electron chi connectivity index (χ0n) is 16.3. The number of carbonyl (C=O) groups excluding carboxylic acids is 2. The molecule has 1 aromatic rings. The summed E-state index contributed by atoms with van der Waals surface area (Å²) in [6.45, 7) is 7.79. The van der Waals surface area contributed by atoms with Crippen LogP contribution in [-0.4, -0.2) is 49.9 Å². The predicted molar refractivity (Wildman–Crippen MR) is 96.1 cm³/mol. The van der Waals surface area contributed by atoms with E-state index >= 15 is 0 Å². The van der Waals surface area contributed by atoms with E-state index in [2.05, 4.69) is 0 Å². The van der Waals surface area contributed by atoms with Gasteiger partial charge in [-0.2, -0.15) is 0 Å². The number of hydrogen-bond acceptors (Lipinski definition) is 5. The third kappa shape index (κ3) is 6.90. The topological polar surface area (TPSA) is 65.1 Å². The number of benzene rings is 1. The molecule has 0 spiro atoms. The minimum atomic E-state index is -0.576. The van der Waals surface area contributed by atoms with Gasteiger partial charge in [0.15, 0.2) is 0 Å². The first-order chi connectivity index (χ1) is 12.0. The highest BCUT2D eigenvalue weighted by atomic mass is 19.1. The average molecular weight is 369 g/mol. The van der Waals surface area contributed by atoms with Crippen LogP contribution in [0, 0.1) is 12.7 Å². The molecule has 0 saturated heterocycles. The molecule has 0 N–H and O–H groups in total. The molecule has 0 bridgehead atoms. The molecule has 0 unspecified atom stereocenters. The Bertz CT molecular complexity index is 640. The number of methoxy groups -OCH3 is 1. The number of hydrogen-bond donors (Lipinski definition) is 0. The van der Waals surface area contributed by atoms with Crippen LogP contribution in [0.4, 0.5) is 9.18 Å². The second-order valence-electron chi connectivity index (χ2n) is 7.05. The summed E-state index contributed by atoms with van der Waals surface area (Å²) >= 11 is 0. The van der Waals surface area contributed by atoms with Crippen molar-refractivity contribution in [2.75, 3.05) is 27.3 Å². The Morgan fingerprint density at radius 3 is 2.42 bits per heavy atom. The molecule has 6 nitrogen and oxygen atoms in total. The van der Waals surface area contributed by atoms with E-state index in [0.29, 0.717) is 24.9 Å². The Morgan fingerprint density at radius 1 is 1.19 bits per heavy atom. The van der Waals surface area contributed by atoms with Gasteiger partial charge in [0.1, 0.15) is 22.7 Å². The molecule has 1 amide bonds. The molecule has 0 radical (unpaired) electrons. The van der Waals surface area contributed by atoms with Gasteiger partial charge >= 0.3 is 12.1 Å². The van der Waals surface area contributed by atoms with E-state index in [-0.39, 0.29) is 24.0 Å². The highest BCUT2D eigenvalue weighted by molar-refractivity contribution is 5.92. The lowest BCUT2D eigenvalue weighted by molar-refractivity contribution is 0.0294. The van der Waals surface area contributed by atoms with E-state index in [4.69, 9.17) is 14.2 Å². The molecule has 0 saturated carbocycles. The van der Waals surface area contributed by atoms with Crippen LogP contribution in [-0.2, 0) is 9.47 Å². The van der Waals surface area contributed by atoms with Crippen molar-refractivity contribution in [1.29, 1.82) is 0 Å². The minimum Gasteiger partial charge on any atom is -0.493 e. The maximum atomic E-state index is 13.7. The van der Waals surface area contributed by atoms with Crippen molar-refractivity contribution in [1.82, 2.24) is 4.90 Å². The summed E-state index contributed by atoms with van der Waals surface area (Å²) in [6.07, 6.45) is 0.924. The SMILES string of the molecule is COC(=O)c1cc(C)c(F)cc1OCCCCN(C)C(=O)OC(C)(C)C. The average Bonchev–Trinajstić information content (AvgIpc) is 2.54. The van der Waals surface area contributed by atoms with Gasteiger partial charge in [0.25, 0.3) is 0 Å². The summed E-state index contributed by atoms with van der Waals surface area (Å²) < 4.78 is 29.2. The summed E-state index contributed by atoms with van der Waals surface area (Å²) in [5, 5.41) is 0. The maximum absolute atomic E-state index is 13.7. The number of aryl methyl sites for hydroxylation is 1. The minimum absolute atomic E-state index is 0.153. The molecule has 1 rings (SSSR count). The van der Waals surface area contributed by atoms with Gasteiger partial charge in [-0.25, -0.2) is 14.0 Å². The standard InChI is InChI=1S/C19H28FNO5/c1-13-11-14(17(22)24-6)16(12-15(13)20)25-10-8-7-9-21(5)18(23)26-19(2,3)4/h11-12H,7-10H2,1-6H3. The fraction of sp³-hybridized carbons (Fsp3) is 0.579. The Morgan fingerprint density at radius 2 is 1.85 bits per heavy atom. The van der Waals surface area contributed by atoms with Crippen molar-refractivity contribution >= 4 is 12.1 Å². The largest absolute Gasteiger partial charge is 0.493 e. The molecular formula is C19H28FNO5. The first-order valence-corrected chi connectivity index (χ1v) is 8.50. The summed E-state index contributed by atoms with van der Waals surface area (Å²) in [5.74, 6) is -0.870. The van der Waals surface area contributed by atoms with Crippen LogP contribution in [0.5, 0.6) is 5.75 Å². The van der Waals surface area contributed by atoms with Crippen molar-refractivity contribution in [2.24, 2.45) is 0 Å². The van der Waals surface area contributed by atoms with Crippen molar-refractivity contribution in [3.63, 3.8) is 0 Å². The molecule has 0 aliphatic heterocycles. The number of nitrogens with zero attached hydrogens (tertiary/aromatic N) is 1. The first kappa shape index (κ1) is 21.7. The molecule has 0 aliphatic carbocycles. The summed E-state index contributed by atoms with van der Waals surface area (Å²) in [7, 11) is 2.93. The molecule has 0 atom stereocenters. The second-order valence-corrected chi connectivity index (χ2v) is 7.05. The number of esters is 1. The summed E-state index contributed by atoms with van der Waals surface area (Å²) in [6, 6.07) is 2.60. The quantitative estimate of drug-likeness (QED) is 0.538. The third-order valence-corrected chi connectivity index (χ3v) is 3.52. The normalized spacial score (nSPS) is 11.0. The predicted octanol–water partition coefficient (Wildman–Crippen LogP) is 3.95. The van der Waals surface area contributed by atoms with Crippen LogP contribution in [0.1, 0.15) is 49.5 Å². The Labute approximate surface area is 154 Å². The monoisotopic (exact) mass is 369 g/mol.